The quantitative estimate of drug-likeness (QED) is 0.342. The summed E-state index contributed by atoms with van der Waals surface area (Å²) in [7, 11) is 1.54. The Labute approximate surface area is 190 Å². The molecule has 0 aromatic heterocycles. The van der Waals surface area contributed by atoms with Crippen LogP contribution in [0.25, 0.3) is 6.08 Å². The molecule has 1 saturated heterocycles. The molecule has 0 radical (unpaired) electrons. The molecule has 2 aromatic rings. The summed E-state index contributed by atoms with van der Waals surface area (Å²) < 4.78 is 25.0. The number of hydrogen-bond donors (Lipinski definition) is 0. The van der Waals surface area contributed by atoms with Crippen LogP contribution >= 0.6 is 46.0 Å². The smallest absolute Gasteiger partial charge is 0.293 e. The molecule has 1 aliphatic heterocycles. The zero-order chi connectivity index (χ0) is 21.1. The highest BCUT2D eigenvalue weighted by molar-refractivity contribution is 14.1. The average molecular weight is 548 g/mol. The average Bonchev–Trinajstić information content (AvgIpc) is 2.93. The molecule has 0 bridgehead atoms. The maximum Gasteiger partial charge on any atom is 0.293 e. The van der Waals surface area contributed by atoms with Crippen molar-refractivity contribution in [1.29, 1.82) is 0 Å². The van der Waals surface area contributed by atoms with Gasteiger partial charge in [-0.1, -0.05) is 17.7 Å². The van der Waals surface area contributed by atoms with Crippen molar-refractivity contribution in [3.8, 4) is 11.5 Å². The summed E-state index contributed by atoms with van der Waals surface area (Å²) in [5.74, 6) is 0.268. The summed E-state index contributed by atoms with van der Waals surface area (Å²) in [5, 5.41) is -0.243. The van der Waals surface area contributed by atoms with Crippen molar-refractivity contribution < 1.29 is 23.5 Å². The predicted octanol–water partition coefficient (Wildman–Crippen LogP) is 5.73. The van der Waals surface area contributed by atoms with Gasteiger partial charge in [-0.3, -0.25) is 14.5 Å². The van der Waals surface area contributed by atoms with E-state index in [1.54, 1.807) is 12.1 Å². The molecule has 0 atom stereocenters. The molecule has 29 heavy (non-hydrogen) atoms. The van der Waals surface area contributed by atoms with Gasteiger partial charge in [-0.15, -0.1) is 0 Å². The van der Waals surface area contributed by atoms with Gasteiger partial charge in [-0.25, -0.2) is 4.39 Å². The van der Waals surface area contributed by atoms with E-state index in [0.717, 1.165) is 26.3 Å². The van der Waals surface area contributed by atoms with Crippen molar-refractivity contribution >= 4 is 63.2 Å². The van der Waals surface area contributed by atoms with Gasteiger partial charge < -0.3 is 9.47 Å². The molecular formula is C20H16ClFINO4S. The van der Waals surface area contributed by atoms with E-state index in [-0.39, 0.29) is 16.5 Å². The third-order valence-corrected chi connectivity index (χ3v) is 6.12. The number of amides is 2. The fourth-order valence-electron chi connectivity index (χ4n) is 2.72. The first-order valence-corrected chi connectivity index (χ1v) is 10.8. The van der Waals surface area contributed by atoms with E-state index in [0.29, 0.717) is 29.2 Å². The van der Waals surface area contributed by atoms with Crippen LogP contribution in [0.4, 0.5) is 9.18 Å². The zero-order valence-electron chi connectivity index (χ0n) is 15.5. The van der Waals surface area contributed by atoms with Gasteiger partial charge >= 0.3 is 0 Å². The van der Waals surface area contributed by atoms with E-state index in [1.807, 2.05) is 13.0 Å². The van der Waals surface area contributed by atoms with E-state index in [1.165, 1.54) is 19.2 Å². The molecule has 0 N–H and O–H groups in total. The lowest BCUT2D eigenvalue weighted by molar-refractivity contribution is -0.123. The maximum absolute atomic E-state index is 13.2. The highest BCUT2D eigenvalue weighted by atomic mass is 127. The highest BCUT2D eigenvalue weighted by Crippen LogP contribution is 2.38. The van der Waals surface area contributed by atoms with Crippen LogP contribution in [0.5, 0.6) is 11.5 Å². The van der Waals surface area contributed by atoms with E-state index >= 15 is 0 Å². The van der Waals surface area contributed by atoms with Crippen molar-refractivity contribution in [2.75, 3.05) is 13.7 Å². The number of ether oxygens (including phenoxy) is 2. The molecular weight excluding hydrogens is 532 g/mol. The number of halogens is 3. The molecule has 1 aliphatic rings. The molecule has 2 amide bonds. The third kappa shape index (κ3) is 4.87. The monoisotopic (exact) mass is 547 g/mol. The number of nitrogens with zero attached hydrogens (tertiary/aromatic N) is 1. The lowest BCUT2D eigenvalue weighted by Gasteiger charge is -2.14. The molecule has 0 unspecified atom stereocenters. The first kappa shape index (κ1) is 21.9. The van der Waals surface area contributed by atoms with Crippen LogP contribution in [0, 0.1) is 9.39 Å². The van der Waals surface area contributed by atoms with Gasteiger partial charge in [0.2, 0.25) is 0 Å². The number of hydrogen-bond acceptors (Lipinski definition) is 5. The van der Waals surface area contributed by atoms with Gasteiger partial charge in [0.05, 0.1) is 28.7 Å². The van der Waals surface area contributed by atoms with Crippen LogP contribution in [-0.2, 0) is 11.3 Å². The minimum absolute atomic E-state index is 0.0226. The Morgan fingerprint density at radius 2 is 2.03 bits per heavy atom. The summed E-state index contributed by atoms with van der Waals surface area (Å²) in [5.41, 5.74) is 1.20. The van der Waals surface area contributed by atoms with Gasteiger partial charge in [0.15, 0.2) is 11.5 Å². The first-order valence-electron chi connectivity index (χ1n) is 8.53. The molecule has 5 nitrogen and oxygen atoms in total. The van der Waals surface area contributed by atoms with E-state index in [9.17, 15) is 14.0 Å². The maximum atomic E-state index is 13.2. The highest BCUT2D eigenvalue weighted by Gasteiger charge is 2.35. The van der Waals surface area contributed by atoms with Gasteiger partial charge in [-0.05, 0) is 82.7 Å². The summed E-state index contributed by atoms with van der Waals surface area (Å²) in [6.07, 6.45) is 1.64. The number of methoxy groups -OCH3 is 1. The Bertz CT molecular complexity index is 1010. The second kappa shape index (κ2) is 9.36. The Kier molecular flexibility index (Phi) is 7.07. The number of thioether (sulfide) groups is 1. The summed E-state index contributed by atoms with van der Waals surface area (Å²) >= 11 is 9.00. The molecule has 0 aliphatic carbocycles. The van der Waals surface area contributed by atoms with Crippen molar-refractivity contribution in [2.45, 2.75) is 13.5 Å². The number of imide groups is 1. The summed E-state index contributed by atoms with van der Waals surface area (Å²) in [6.45, 7) is 2.36. The standard InChI is InChI=1S/C20H16ClFINO4S/c1-3-28-18-15(23)6-11(7-16(18)27-2)8-17-19(25)24(20(26)29-17)10-12-4-5-13(22)9-14(12)21/h4-9H,3,10H2,1-2H3/b17-8+. The molecule has 1 heterocycles. The molecule has 3 rings (SSSR count). The van der Waals surface area contributed by atoms with Crippen LogP contribution in [0.3, 0.4) is 0 Å². The Balaban J connectivity index is 1.87. The Morgan fingerprint density at radius 1 is 1.28 bits per heavy atom. The van der Waals surface area contributed by atoms with Crippen LogP contribution in [0.2, 0.25) is 5.02 Å². The van der Waals surface area contributed by atoms with Crippen LogP contribution in [-0.4, -0.2) is 29.8 Å². The fraction of sp³-hybridized carbons (Fsp3) is 0.200. The number of carbonyl (C=O) groups excluding carboxylic acids is 2. The van der Waals surface area contributed by atoms with Crippen LogP contribution in [0.1, 0.15) is 18.1 Å². The molecule has 9 heteroatoms. The predicted molar refractivity (Wildman–Crippen MR) is 120 cm³/mol. The van der Waals surface area contributed by atoms with E-state index in [4.69, 9.17) is 21.1 Å². The van der Waals surface area contributed by atoms with Crippen molar-refractivity contribution in [3.63, 3.8) is 0 Å². The van der Waals surface area contributed by atoms with Crippen LogP contribution < -0.4 is 9.47 Å². The van der Waals surface area contributed by atoms with Crippen LogP contribution in [0.15, 0.2) is 35.2 Å². The molecule has 0 spiro atoms. The number of carbonyl (C=O) groups is 2. The topological polar surface area (TPSA) is 55.8 Å². The minimum atomic E-state index is -0.480. The first-order chi connectivity index (χ1) is 13.8. The molecule has 152 valence electrons. The van der Waals surface area contributed by atoms with Crippen molar-refractivity contribution in [3.05, 3.63) is 60.8 Å². The lowest BCUT2D eigenvalue weighted by atomic mass is 10.1. The fourth-order valence-corrected chi connectivity index (χ4v) is 4.56. The normalized spacial score (nSPS) is 15.3. The number of rotatable bonds is 6. The summed E-state index contributed by atoms with van der Waals surface area (Å²) in [4.78, 5) is 26.5. The van der Waals surface area contributed by atoms with Gasteiger partial charge in [0, 0.05) is 5.02 Å². The molecule has 2 aromatic carbocycles. The van der Waals surface area contributed by atoms with Gasteiger partial charge in [0.1, 0.15) is 5.82 Å². The van der Waals surface area contributed by atoms with E-state index < -0.39 is 17.0 Å². The lowest BCUT2D eigenvalue weighted by Crippen LogP contribution is -2.27. The van der Waals surface area contributed by atoms with Crippen molar-refractivity contribution in [2.24, 2.45) is 0 Å². The summed E-state index contributed by atoms with van der Waals surface area (Å²) in [6, 6.07) is 7.45. The largest absolute Gasteiger partial charge is 0.493 e. The van der Waals surface area contributed by atoms with Crippen molar-refractivity contribution in [1.82, 2.24) is 4.90 Å². The minimum Gasteiger partial charge on any atom is -0.493 e. The second-order valence-corrected chi connectivity index (χ2v) is 8.53. The van der Waals surface area contributed by atoms with Gasteiger partial charge in [0.25, 0.3) is 11.1 Å². The number of benzene rings is 2. The second-order valence-electron chi connectivity index (χ2n) is 5.97. The molecule has 0 saturated carbocycles. The molecule has 1 fully saturated rings. The SMILES string of the molecule is CCOc1c(I)cc(/C=C2/SC(=O)N(Cc3ccc(F)cc3Cl)C2=O)cc1OC. The van der Waals surface area contributed by atoms with E-state index in [2.05, 4.69) is 22.6 Å². The Hall–Kier alpha value is -1.78. The third-order valence-electron chi connectivity index (χ3n) is 4.06. The zero-order valence-corrected chi connectivity index (χ0v) is 19.2. The Morgan fingerprint density at radius 3 is 2.69 bits per heavy atom. The van der Waals surface area contributed by atoms with Gasteiger partial charge in [-0.2, -0.15) is 0 Å².